The van der Waals surface area contributed by atoms with Crippen LogP contribution >= 0.6 is 0 Å². The van der Waals surface area contributed by atoms with Crippen LogP contribution in [0.5, 0.6) is 5.75 Å². The van der Waals surface area contributed by atoms with Crippen LogP contribution < -0.4 is 10.1 Å². The highest BCUT2D eigenvalue weighted by Crippen LogP contribution is 2.34. The third-order valence-corrected chi connectivity index (χ3v) is 3.75. The van der Waals surface area contributed by atoms with Gasteiger partial charge < -0.3 is 14.8 Å². The van der Waals surface area contributed by atoms with Crippen molar-refractivity contribution in [2.24, 2.45) is 0 Å². The zero-order valence-corrected chi connectivity index (χ0v) is 12.2. The molecule has 0 aromatic heterocycles. The highest BCUT2D eigenvalue weighted by Gasteiger charge is 2.24. The highest BCUT2D eigenvalue weighted by atomic mass is 16.5. The third-order valence-electron chi connectivity index (χ3n) is 3.75. The van der Waals surface area contributed by atoms with E-state index in [-0.39, 0.29) is 12.1 Å². The van der Waals surface area contributed by atoms with Crippen molar-refractivity contribution in [1.82, 2.24) is 5.32 Å². The molecule has 1 aliphatic rings. The van der Waals surface area contributed by atoms with Crippen molar-refractivity contribution in [2.45, 2.75) is 45.3 Å². The van der Waals surface area contributed by atoms with Crippen molar-refractivity contribution in [3.63, 3.8) is 0 Å². The van der Waals surface area contributed by atoms with Gasteiger partial charge in [-0.05, 0) is 38.3 Å². The van der Waals surface area contributed by atoms with E-state index in [0.717, 1.165) is 38.2 Å². The summed E-state index contributed by atoms with van der Waals surface area (Å²) in [6, 6.07) is 6.66. The molecule has 3 nitrogen and oxygen atoms in total. The predicted molar refractivity (Wildman–Crippen MR) is 77.8 cm³/mol. The summed E-state index contributed by atoms with van der Waals surface area (Å²) in [4.78, 5) is 0. The van der Waals surface area contributed by atoms with Crippen LogP contribution in [0.2, 0.25) is 0 Å². The number of ether oxygens (including phenoxy) is 2. The molecule has 1 aliphatic heterocycles. The van der Waals surface area contributed by atoms with Crippen LogP contribution in [0.4, 0.5) is 0 Å². The van der Waals surface area contributed by atoms with Gasteiger partial charge >= 0.3 is 0 Å². The van der Waals surface area contributed by atoms with Crippen LogP contribution in [0.15, 0.2) is 18.2 Å². The summed E-state index contributed by atoms with van der Waals surface area (Å²) in [5, 5.41) is 3.58. The van der Waals surface area contributed by atoms with Gasteiger partial charge in [-0.25, -0.2) is 0 Å². The first-order valence-corrected chi connectivity index (χ1v) is 7.28. The van der Waals surface area contributed by atoms with Gasteiger partial charge in [-0.1, -0.05) is 25.1 Å². The van der Waals surface area contributed by atoms with Gasteiger partial charge in [0, 0.05) is 12.7 Å². The Morgan fingerprint density at radius 1 is 1.42 bits per heavy atom. The number of hydrogen-bond acceptors (Lipinski definition) is 3. The molecule has 0 bridgehead atoms. The molecule has 0 saturated carbocycles. The quantitative estimate of drug-likeness (QED) is 0.855. The van der Waals surface area contributed by atoms with E-state index in [0.29, 0.717) is 0 Å². The summed E-state index contributed by atoms with van der Waals surface area (Å²) >= 11 is 0. The van der Waals surface area contributed by atoms with Crippen molar-refractivity contribution >= 4 is 0 Å². The number of benzene rings is 1. The first-order valence-electron chi connectivity index (χ1n) is 7.28. The minimum Gasteiger partial charge on any atom is -0.493 e. The molecule has 0 fully saturated rings. The van der Waals surface area contributed by atoms with E-state index in [9.17, 15) is 0 Å². The van der Waals surface area contributed by atoms with Crippen LogP contribution in [-0.2, 0) is 11.2 Å². The van der Waals surface area contributed by atoms with Crippen molar-refractivity contribution in [1.29, 1.82) is 0 Å². The molecule has 1 N–H and O–H groups in total. The normalized spacial score (nSPS) is 17.4. The average molecular weight is 263 g/mol. The fraction of sp³-hybridized carbons (Fsp3) is 0.625. The fourth-order valence-electron chi connectivity index (χ4n) is 2.62. The Kier molecular flexibility index (Phi) is 5.23. The first kappa shape index (κ1) is 14.4. The maximum absolute atomic E-state index is 5.91. The Bertz CT molecular complexity index is 406. The topological polar surface area (TPSA) is 30.5 Å². The summed E-state index contributed by atoms with van der Waals surface area (Å²) in [5.41, 5.74) is 2.57. The average Bonchev–Trinajstić information content (AvgIpc) is 2.47. The standard InChI is InChI=1S/C16H25NO2/c1-4-10-17-15(12(2)18-3)14-9-5-7-13-8-6-11-19-16(13)14/h5,7,9,12,15,17H,4,6,8,10-11H2,1-3H3. The van der Waals surface area contributed by atoms with E-state index in [1.165, 1.54) is 11.1 Å². The Balaban J connectivity index is 2.29. The summed E-state index contributed by atoms with van der Waals surface area (Å²) < 4.78 is 11.5. The van der Waals surface area contributed by atoms with E-state index >= 15 is 0 Å². The maximum Gasteiger partial charge on any atom is 0.127 e. The molecule has 0 radical (unpaired) electrons. The molecule has 0 aliphatic carbocycles. The van der Waals surface area contributed by atoms with Crippen LogP contribution in [0.3, 0.4) is 0 Å². The lowest BCUT2D eigenvalue weighted by Crippen LogP contribution is -2.32. The molecule has 1 aromatic carbocycles. The van der Waals surface area contributed by atoms with Crippen LogP contribution in [0, 0.1) is 0 Å². The highest BCUT2D eigenvalue weighted by molar-refractivity contribution is 5.45. The number of para-hydroxylation sites is 1. The molecule has 106 valence electrons. The molecule has 2 unspecified atom stereocenters. The molecule has 19 heavy (non-hydrogen) atoms. The molecular weight excluding hydrogens is 238 g/mol. The summed E-state index contributed by atoms with van der Waals surface area (Å²) in [7, 11) is 1.77. The van der Waals surface area contributed by atoms with Gasteiger partial charge in [0.05, 0.1) is 18.8 Å². The first-order chi connectivity index (χ1) is 9.27. The van der Waals surface area contributed by atoms with E-state index in [1.807, 2.05) is 0 Å². The lowest BCUT2D eigenvalue weighted by molar-refractivity contribution is 0.0815. The Hall–Kier alpha value is -1.06. The molecular formula is C16H25NO2. The lowest BCUT2D eigenvalue weighted by atomic mass is 9.95. The number of rotatable bonds is 6. The second-order valence-corrected chi connectivity index (χ2v) is 5.16. The molecule has 0 spiro atoms. The number of methoxy groups -OCH3 is 1. The van der Waals surface area contributed by atoms with Gasteiger partial charge in [-0.2, -0.15) is 0 Å². The van der Waals surface area contributed by atoms with Gasteiger partial charge in [0.2, 0.25) is 0 Å². The zero-order valence-electron chi connectivity index (χ0n) is 12.2. The second kappa shape index (κ2) is 6.92. The van der Waals surface area contributed by atoms with Crippen LogP contribution in [0.25, 0.3) is 0 Å². The van der Waals surface area contributed by atoms with E-state index in [2.05, 4.69) is 37.4 Å². The summed E-state index contributed by atoms with van der Waals surface area (Å²) in [6.07, 6.45) is 3.47. The minimum absolute atomic E-state index is 0.128. The van der Waals surface area contributed by atoms with Gasteiger partial charge in [-0.15, -0.1) is 0 Å². The summed E-state index contributed by atoms with van der Waals surface area (Å²) in [5.74, 6) is 1.08. The molecule has 2 rings (SSSR count). The minimum atomic E-state index is 0.128. The van der Waals surface area contributed by atoms with E-state index < -0.39 is 0 Å². The van der Waals surface area contributed by atoms with Gasteiger partial charge in [-0.3, -0.25) is 0 Å². The Morgan fingerprint density at radius 2 is 2.26 bits per heavy atom. The fourth-order valence-corrected chi connectivity index (χ4v) is 2.62. The SMILES string of the molecule is CCCNC(c1cccc2c1OCCC2)C(C)OC. The maximum atomic E-state index is 5.91. The van der Waals surface area contributed by atoms with Crippen molar-refractivity contribution < 1.29 is 9.47 Å². The molecule has 0 saturated heterocycles. The number of aryl methyl sites for hydroxylation is 1. The van der Waals surface area contributed by atoms with Gasteiger partial charge in [0.25, 0.3) is 0 Å². The van der Waals surface area contributed by atoms with Gasteiger partial charge in [0.1, 0.15) is 5.75 Å². The van der Waals surface area contributed by atoms with E-state index in [1.54, 1.807) is 7.11 Å². The second-order valence-electron chi connectivity index (χ2n) is 5.16. The largest absolute Gasteiger partial charge is 0.493 e. The lowest BCUT2D eigenvalue weighted by Gasteiger charge is -2.29. The number of nitrogens with one attached hydrogen (secondary N) is 1. The van der Waals surface area contributed by atoms with E-state index in [4.69, 9.17) is 9.47 Å². The molecule has 1 aromatic rings. The monoisotopic (exact) mass is 263 g/mol. The van der Waals surface area contributed by atoms with Crippen molar-refractivity contribution in [3.8, 4) is 5.75 Å². The molecule has 1 heterocycles. The molecule has 0 amide bonds. The van der Waals surface area contributed by atoms with Gasteiger partial charge in [0.15, 0.2) is 0 Å². The van der Waals surface area contributed by atoms with Crippen LogP contribution in [-0.4, -0.2) is 26.4 Å². The third kappa shape index (κ3) is 3.28. The summed E-state index contributed by atoms with van der Waals surface area (Å²) in [6.45, 7) is 6.10. The molecule has 2 atom stereocenters. The Labute approximate surface area is 116 Å². The molecule has 3 heteroatoms. The zero-order chi connectivity index (χ0) is 13.7. The number of fused-ring (bicyclic) bond motifs is 1. The number of hydrogen-bond donors (Lipinski definition) is 1. The van der Waals surface area contributed by atoms with Crippen LogP contribution in [0.1, 0.15) is 43.9 Å². The van der Waals surface area contributed by atoms with Crippen molar-refractivity contribution in [3.05, 3.63) is 29.3 Å². The van der Waals surface area contributed by atoms with Crippen molar-refractivity contribution in [2.75, 3.05) is 20.3 Å². The Morgan fingerprint density at radius 3 is 3.00 bits per heavy atom. The smallest absolute Gasteiger partial charge is 0.127 e. The predicted octanol–water partition coefficient (Wildman–Crippen LogP) is 3.09.